The Balaban J connectivity index is 2.22. The molecule has 14 heavy (non-hydrogen) atoms. The predicted molar refractivity (Wildman–Crippen MR) is 47.7 cm³/mol. The summed E-state index contributed by atoms with van der Waals surface area (Å²) < 4.78 is 31.4. The van der Waals surface area contributed by atoms with E-state index in [0.717, 1.165) is 12.1 Å². The highest BCUT2D eigenvalue weighted by atomic mass is 35.5. The van der Waals surface area contributed by atoms with Crippen LogP contribution in [-0.4, -0.2) is 19.2 Å². The smallest absolute Gasteiger partial charge is 0.191 e. The molecule has 1 fully saturated rings. The molecule has 0 saturated carbocycles. The molecule has 0 amide bonds. The summed E-state index contributed by atoms with van der Waals surface area (Å²) in [6.07, 6.45) is -0.208. The van der Waals surface area contributed by atoms with E-state index in [1.165, 1.54) is 0 Å². The summed E-state index contributed by atoms with van der Waals surface area (Å²) >= 11 is 5.45. The molecule has 0 spiro atoms. The maximum absolute atomic E-state index is 13.2. The lowest BCUT2D eigenvalue weighted by Gasteiger charge is -2.26. The van der Waals surface area contributed by atoms with Crippen LogP contribution in [0.2, 0.25) is 5.02 Å². The van der Waals surface area contributed by atoms with Gasteiger partial charge in [0, 0.05) is 5.02 Å². The molecule has 0 unspecified atom stereocenters. The summed E-state index contributed by atoms with van der Waals surface area (Å²) in [6, 6.07) is 2.05. The number of halogens is 3. The van der Waals surface area contributed by atoms with E-state index < -0.39 is 11.6 Å². The van der Waals surface area contributed by atoms with Gasteiger partial charge in [-0.15, -0.1) is 0 Å². The Kier molecular flexibility index (Phi) is 2.56. The molecule has 0 aliphatic carbocycles. The number of nitrogens with zero attached hydrogens (tertiary/aromatic N) is 1. The van der Waals surface area contributed by atoms with E-state index in [0.29, 0.717) is 13.1 Å². The Morgan fingerprint density at radius 1 is 1.29 bits per heavy atom. The minimum Gasteiger partial charge on any atom is -0.482 e. The molecule has 0 bridgehead atoms. The second kappa shape index (κ2) is 3.71. The Morgan fingerprint density at radius 2 is 1.86 bits per heavy atom. The van der Waals surface area contributed by atoms with Gasteiger partial charge in [-0.2, -0.15) is 0 Å². The zero-order chi connectivity index (χ0) is 10.1. The van der Waals surface area contributed by atoms with Crippen molar-refractivity contribution in [3.05, 3.63) is 28.8 Å². The number of rotatable bonds is 2. The number of benzene rings is 1. The standard InChI is InChI=1S/C9H7ClF2NO/c10-5-1-7(11)9(8(12)2-5)14-6-3-13-4-6/h1-2,6H,3-4H2. The molecule has 2 nitrogen and oxygen atoms in total. The highest BCUT2D eigenvalue weighted by Crippen LogP contribution is 2.27. The zero-order valence-electron chi connectivity index (χ0n) is 7.14. The van der Waals surface area contributed by atoms with Gasteiger partial charge in [-0.3, -0.25) is 0 Å². The third-order valence-corrected chi connectivity index (χ3v) is 2.13. The normalized spacial score (nSPS) is 16.5. The van der Waals surface area contributed by atoms with E-state index in [2.05, 4.69) is 5.32 Å². The molecule has 0 aromatic heterocycles. The van der Waals surface area contributed by atoms with Gasteiger partial charge in [-0.05, 0) is 12.1 Å². The van der Waals surface area contributed by atoms with Crippen molar-refractivity contribution in [1.29, 1.82) is 0 Å². The van der Waals surface area contributed by atoms with Gasteiger partial charge in [0.25, 0.3) is 0 Å². The third kappa shape index (κ3) is 1.81. The van der Waals surface area contributed by atoms with Crippen molar-refractivity contribution in [1.82, 2.24) is 5.32 Å². The zero-order valence-corrected chi connectivity index (χ0v) is 7.89. The second-order valence-electron chi connectivity index (χ2n) is 3.03. The van der Waals surface area contributed by atoms with Crippen molar-refractivity contribution in [2.45, 2.75) is 6.10 Å². The van der Waals surface area contributed by atoms with Crippen LogP contribution in [0.3, 0.4) is 0 Å². The topological polar surface area (TPSA) is 23.3 Å². The van der Waals surface area contributed by atoms with Crippen molar-refractivity contribution in [3.8, 4) is 5.75 Å². The van der Waals surface area contributed by atoms with E-state index in [1.807, 2.05) is 0 Å². The molecular weight excluding hydrogens is 212 g/mol. The molecule has 1 aliphatic heterocycles. The summed E-state index contributed by atoms with van der Waals surface area (Å²) in [5.41, 5.74) is 0. The first-order valence-electron chi connectivity index (χ1n) is 4.11. The predicted octanol–water partition coefficient (Wildman–Crippen LogP) is 1.98. The Hall–Kier alpha value is -0.870. The number of hydrogen-bond donors (Lipinski definition) is 0. The summed E-state index contributed by atoms with van der Waals surface area (Å²) in [5.74, 6) is -1.92. The molecule has 1 heterocycles. The second-order valence-corrected chi connectivity index (χ2v) is 3.46. The monoisotopic (exact) mass is 218 g/mol. The lowest BCUT2D eigenvalue weighted by atomic mass is 10.2. The molecule has 0 atom stereocenters. The van der Waals surface area contributed by atoms with Crippen LogP contribution in [-0.2, 0) is 0 Å². The lowest BCUT2D eigenvalue weighted by molar-refractivity contribution is 0.127. The summed E-state index contributed by atoms with van der Waals surface area (Å²) in [5, 5.41) is 3.89. The third-order valence-electron chi connectivity index (χ3n) is 1.91. The molecular formula is C9H7ClF2NO. The molecule has 2 rings (SSSR count). The van der Waals surface area contributed by atoms with Gasteiger partial charge in [0.15, 0.2) is 17.4 Å². The SMILES string of the molecule is Fc1cc(Cl)cc(F)c1OC1C[N]C1. The summed E-state index contributed by atoms with van der Waals surface area (Å²) in [7, 11) is 0. The molecule has 1 aromatic carbocycles. The van der Waals surface area contributed by atoms with Crippen LogP contribution >= 0.6 is 11.6 Å². The van der Waals surface area contributed by atoms with Crippen molar-refractivity contribution in [3.63, 3.8) is 0 Å². The molecule has 75 valence electrons. The lowest BCUT2D eigenvalue weighted by Crippen LogP contribution is -2.45. The minimum absolute atomic E-state index is 0.0191. The Bertz CT molecular complexity index is 332. The first kappa shape index (κ1) is 9.68. The molecule has 1 saturated heterocycles. The van der Waals surface area contributed by atoms with Crippen molar-refractivity contribution >= 4 is 11.6 Å². The summed E-state index contributed by atoms with van der Waals surface area (Å²) in [4.78, 5) is 0. The van der Waals surface area contributed by atoms with Gasteiger partial charge in [0.1, 0.15) is 6.10 Å². The van der Waals surface area contributed by atoms with E-state index >= 15 is 0 Å². The van der Waals surface area contributed by atoms with Crippen molar-refractivity contribution in [2.75, 3.05) is 13.1 Å². The fourth-order valence-corrected chi connectivity index (χ4v) is 1.31. The molecule has 1 aliphatic rings. The maximum Gasteiger partial charge on any atom is 0.191 e. The quantitative estimate of drug-likeness (QED) is 0.745. The van der Waals surface area contributed by atoms with Crippen LogP contribution in [0.1, 0.15) is 0 Å². The average molecular weight is 219 g/mol. The Morgan fingerprint density at radius 3 is 2.29 bits per heavy atom. The van der Waals surface area contributed by atoms with Gasteiger partial charge in [0.2, 0.25) is 0 Å². The summed E-state index contributed by atoms with van der Waals surface area (Å²) in [6.45, 7) is 0.975. The highest BCUT2D eigenvalue weighted by Gasteiger charge is 2.23. The van der Waals surface area contributed by atoms with Crippen LogP contribution < -0.4 is 10.1 Å². The number of hydrogen-bond acceptors (Lipinski definition) is 1. The van der Waals surface area contributed by atoms with E-state index in [4.69, 9.17) is 16.3 Å². The van der Waals surface area contributed by atoms with Gasteiger partial charge < -0.3 is 4.74 Å². The molecule has 1 aromatic rings. The first-order valence-corrected chi connectivity index (χ1v) is 4.49. The van der Waals surface area contributed by atoms with E-state index in [1.54, 1.807) is 0 Å². The van der Waals surface area contributed by atoms with Crippen molar-refractivity contribution in [2.24, 2.45) is 0 Å². The highest BCUT2D eigenvalue weighted by molar-refractivity contribution is 6.30. The minimum atomic E-state index is -0.776. The van der Waals surface area contributed by atoms with E-state index in [-0.39, 0.29) is 16.9 Å². The van der Waals surface area contributed by atoms with Gasteiger partial charge in [-0.1, -0.05) is 11.6 Å². The van der Waals surface area contributed by atoms with Crippen molar-refractivity contribution < 1.29 is 13.5 Å². The van der Waals surface area contributed by atoms with Crippen LogP contribution in [0.25, 0.3) is 0 Å². The molecule has 0 N–H and O–H groups in total. The fourth-order valence-electron chi connectivity index (χ4n) is 1.12. The van der Waals surface area contributed by atoms with E-state index in [9.17, 15) is 8.78 Å². The largest absolute Gasteiger partial charge is 0.482 e. The number of ether oxygens (including phenoxy) is 1. The van der Waals surface area contributed by atoms with Gasteiger partial charge in [0.05, 0.1) is 13.1 Å². The van der Waals surface area contributed by atoms with Crippen LogP contribution in [0.5, 0.6) is 5.75 Å². The molecule has 5 heteroatoms. The van der Waals surface area contributed by atoms with Crippen LogP contribution in [0.15, 0.2) is 12.1 Å². The van der Waals surface area contributed by atoms with Gasteiger partial charge in [-0.25, -0.2) is 14.1 Å². The first-order chi connectivity index (χ1) is 6.66. The van der Waals surface area contributed by atoms with Crippen LogP contribution in [0.4, 0.5) is 8.78 Å². The van der Waals surface area contributed by atoms with Gasteiger partial charge >= 0.3 is 0 Å². The van der Waals surface area contributed by atoms with Crippen LogP contribution in [0, 0.1) is 11.6 Å². The molecule has 1 radical (unpaired) electrons. The fraction of sp³-hybridized carbons (Fsp3) is 0.333. The Labute approximate surface area is 84.8 Å². The maximum atomic E-state index is 13.2. The average Bonchev–Trinajstić information content (AvgIpc) is 1.98.